The average molecular weight is 199 g/mol. The fourth-order valence-corrected chi connectivity index (χ4v) is 1.05. The third-order valence-corrected chi connectivity index (χ3v) is 1.98. The molecule has 0 amide bonds. The highest BCUT2D eigenvalue weighted by molar-refractivity contribution is 6.26. The molecule has 70 valence electrons. The van der Waals surface area contributed by atoms with Crippen LogP contribution in [-0.4, -0.2) is 11.8 Å². The zero-order valence-corrected chi connectivity index (χ0v) is 8.17. The normalized spacial score (nSPS) is 9.69. The molecule has 0 aliphatic heterocycles. The number of aryl methyl sites for hydroxylation is 1. The van der Waals surface area contributed by atoms with Crippen LogP contribution < -0.4 is 0 Å². The van der Waals surface area contributed by atoms with Crippen LogP contribution in [0.5, 0.6) is 0 Å². The first-order valence-corrected chi connectivity index (χ1v) is 4.53. The summed E-state index contributed by atoms with van der Waals surface area (Å²) in [6.07, 6.45) is 0. The van der Waals surface area contributed by atoms with Gasteiger partial charge in [-0.15, -0.1) is 11.6 Å². The first kappa shape index (κ1) is 10.1. The van der Waals surface area contributed by atoms with E-state index in [4.69, 9.17) is 16.3 Å². The second-order valence-electron chi connectivity index (χ2n) is 2.72. The van der Waals surface area contributed by atoms with Crippen LogP contribution >= 0.6 is 11.6 Å². The molecule has 0 unspecified atom stereocenters. The van der Waals surface area contributed by atoms with Gasteiger partial charge in [-0.25, -0.2) is 0 Å². The van der Waals surface area contributed by atoms with Crippen molar-refractivity contribution in [3.05, 3.63) is 35.4 Å². The van der Waals surface area contributed by atoms with Crippen LogP contribution in [0.3, 0.4) is 0 Å². The molecule has 0 atom stereocenters. The van der Waals surface area contributed by atoms with E-state index >= 15 is 0 Å². The van der Waals surface area contributed by atoms with Gasteiger partial charge in [0.05, 0.1) is 0 Å². The number of esters is 1. The molecule has 0 bridgehead atoms. The maximum atomic E-state index is 10.7. The van der Waals surface area contributed by atoms with Crippen LogP contribution in [0, 0.1) is 6.92 Å². The Hall–Kier alpha value is -1.02. The minimum Gasteiger partial charge on any atom is -0.460 e. The lowest BCUT2D eigenvalue weighted by Gasteiger charge is -2.05. The van der Waals surface area contributed by atoms with Crippen molar-refractivity contribution in [2.24, 2.45) is 0 Å². The van der Waals surface area contributed by atoms with E-state index in [2.05, 4.69) is 0 Å². The Balaban J connectivity index is 2.54. The molecule has 0 heterocycles. The third kappa shape index (κ3) is 3.07. The topological polar surface area (TPSA) is 26.3 Å². The van der Waals surface area contributed by atoms with Crippen molar-refractivity contribution >= 4 is 17.6 Å². The van der Waals surface area contributed by atoms with E-state index in [-0.39, 0.29) is 11.8 Å². The van der Waals surface area contributed by atoms with Crippen LogP contribution in [0.15, 0.2) is 24.3 Å². The molecule has 1 rings (SSSR count). The summed E-state index contributed by atoms with van der Waals surface area (Å²) in [5.74, 6) is -0.476. The molecule has 1 aromatic carbocycles. The number of hydrogen-bond acceptors (Lipinski definition) is 2. The van der Waals surface area contributed by atoms with Gasteiger partial charge in [0.1, 0.15) is 12.5 Å². The fourth-order valence-electron chi connectivity index (χ4n) is 0.969. The second kappa shape index (κ2) is 4.87. The molecule has 0 saturated heterocycles. The summed E-state index contributed by atoms with van der Waals surface area (Å²) in [6, 6.07) is 7.76. The molecule has 0 aliphatic carbocycles. The Labute approximate surface area is 82.5 Å². The number of ether oxygens (including phenoxy) is 1. The predicted molar refractivity (Wildman–Crippen MR) is 51.7 cm³/mol. The van der Waals surface area contributed by atoms with Crippen molar-refractivity contribution in [3.8, 4) is 0 Å². The van der Waals surface area contributed by atoms with Crippen LogP contribution in [0.25, 0.3) is 0 Å². The molecule has 0 aromatic heterocycles. The van der Waals surface area contributed by atoms with E-state index in [0.29, 0.717) is 6.61 Å². The van der Waals surface area contributed by atoms with E-state index in [9.17, 15) is 4.79 Å². The number of rotatable bonds is 3. The van der Waals surface area contributed by atoms with Gasteiger partial charge in [0.15, 0.2) is 0 Å². The summed E-state index contributed by atoms with van der Waals surface area (Å²) < 4.78 is 4.89. The van der Waals surface area contributed by atoms with Crippen LogP contribution in [0.2, 0.25) is 0 Å². The van der Waals surface area contributed by atoms with Gasteiger partial charge in [0.25, 0.3) is 0 Å². The minimum atomic E-state index is -0.384. The molecule has 0 saturated carbocycles. The third-order valence-electron chi connectivity index (χ3n) is 1.76. The molecular formula is C10H11ClO2. The van der Waals surface area contributed by atoms with Crippen LogP contribution in [0.4, 0.5) is 0 Å². The fraction of sp³-hybridized carbons (Fsp3) is 0.300. The van der Waals surface area contributed by atoms with Crippen LogP contribution in [0.1, 0.15) is 11.1 Å². The molecule has 0 spiro atoms. The lowest BCUT2D eigenvalue weighted by molar-refractivity contribution is -0.141. The largest absolute Gasteiger partial charge is 0.460 e. The van der Waals surface area contributed by atoms with Crippen molar-refractivity contribution in [3.63, 3.8) is 0 Å². The van der Waals surface area contributed by atoms with Gasteiger partial charge < -0.3 is 4.74 Å². The van der Waals surface area contributed by atoms with E-state index < -0.39 is 0 Å². The van der Waals surface area contributed by atoms with Gasteiger partial charge in [0.2, 0.25) is 0 Å². The summed E-state index contributed by atoms with van der Waals surface area (Å²) in [5, 5.41) is 0. The summed E-state index contributed by atoms with van der Waals surface area (Å²) in [4.78, 5) is 10.7. The number of carbonyl (C=O) groups excluding carboxylic acids is 1. The van der Waals surface area contributed by atoms with Gasteiger partial charge in [-0.2, -0.15) is 0 Å². The number of alkyl halides is 1. The van der Waals surface area contributed by atoms with Gasteiger partial charge in [-0.05, 0) is 18.1 Å². The quantitative estimate of drug-likeness (QED) is 0.550. The number of carbonyl (C=O) groups is 1. The first-order valence-electron chi connectivity index (χ1n) is 4.00. The molecular weight excluding hydrogens is 188 g/mol. The van der Waals surface area contributed by atoms with E-state index in [1.807, 2.05) is 31.2 Å². The average Bonchev–Trinajstić information content (AvgIpc) is 2.16. The highest BCUT2D eigenvalue weighted by Crippen LogP contribution is 2.08. The predicted octanol–water partition coefficient (Wildman–Crippen LogP) is 2.28. The maximum absolute atomic E-state index is 10.7. The van der Waals surface area contributed by atoms with E-state index in [1.54, 1.807) is 0 Å². The molecule has 13 heavy (non-hydrogen) atoms. The smallest absolute Gasteiger partial charge is 0.321 e. The van der Waals surface area contributed by atoms with E-state index in [1.165, 1.54) is 0 Å². The first-order chi connectivity index (χ1) is 6.24. The highest BCUT2D eigenvalue weighted by Gasteiger charge is 2.01. The lowest BCUT2D eigenvalue weighted by Crippen LogP contribution is -2.06. The van der Waals surface area contributed by atoms with Gasteiger partial charge in [0, 0.05) is 0 Å². The summed E-state index contributed by atoms with van der Waals surface area (Å²) in [6.45, 7) is 2.28. The summed E-state index contributed by atoms with van der Waals surface area (Å²) in [7, 11) is 0. The number of hydrogen-bond donors (Lipinski definition) is 0. The molecule has 0 radical (unpaired) electrons. The Morgan fingerprint density at radius 2 is 2.15 bits per heavy atom. The number of benzene rings is 1. The molecule has 0 fully saturated rings. The number of halogens is 1. The summed E-state index contributed by atoms with van der Waals surface area (Å²) >= 11 is 5.28. The van der Waals surface area contributed by atoms with Gasteiger partial charge in [-0.1, -0.05) is 24.3 Å². The van der Waals surface area contributed by atoms with Crippen molar-refractivity contribution in [2.75, 3.05) is 5.88 Å². The van der Waals surface area contributed by atoms with Gasteiger partial charge >= 0.3 is 5.97 Å². The van der Waals surface area contributed by atoms with Gasteiger partial charge in [-0.3, -0.25) is 4.79 Å². The zero-order chi connectivity index (χ0) is 9.68. The Kier molecular flexibility index (Phi) is 3.77. The molecule has 2 nitrogen and oxygen atoms in total. The second-order valence-corrected chi connectivity index (χ2v) is 2.99. The molecule has 0 aliphatic rings. The monoisotopic (exact) mass is 198 g/mol. The summed E-state index contributed by atoms with van der Waals surface area (Å²) in [5.41, 5.74) is 2.13. The van der Waals surface area contributed by atoms with E-state index in [0.717, 1.165) is 11.1 Å². The van der Waals surface area contributed by atoms with Crippen molar-refractivity contribution < 1.29 is 9.53 Å². The van der Waals surface area contributed by atoms with Crippen molar-refractivity contribution in [1.29, 1.82) is 0 Å². The molecule has 3 heteroatoms. The minimum absolute atomic E-state index is 0.0914. The highest BCUT2D eigenvalue weighted by atomic mass is 35.5. The van der Waals surface area contributed by atoms with Crippen LogP contribution in [-0.2, 0) is 16.1 Å². The molecule has 1 aromatic rings. The zero-order valence-electron chi connectivity index (χ0n) is 7.42. The lowest BCUT2D eigenvalue weighted by atomic mass is 10.1. The Morgan fingerprint density at radius 1 is 1.46 bits per heavy atom. The maximum Gasteiger partial charge on any atom is 0.321 e. The SMILES string of the molecule is Cc1ccccc1COC(=O)CCl. The van der Waals surface area contributed by atoms with Crippen molar-refractivity contribution in [2.45, 2.75) is 13.5 Å². The Bertz CT molecular complexity index is 297. The van der Waals surface area contributed by atoms with Crippen molar-refractivity contribution in [1.82, 2.24) is 0 Å². The standard InChI is InChI=1S/C10H11ClO2/c1-8-4-2-3-5-9(8)7-13-10(12)6-11/h2-5H,6-7H2,1H3. The molecule has 0 N–H and O–H groups in total. The Morgan fingerprint density at radius 3 is 2.77 bits per heavy atom.